The van der Waals surface area contributed by atoms with Crippen molar-refractivity contribution in [2.75, 3.05) is 0 Å². The van der Waals surface area contributed by atoms with E-state index >= 15 is 0 Å². The van der Waals surface area contributed by atoms with Gasteiger partial charge in [-0.05, 0) is 72.8 Å². The average Bonchev–Trinajstić information content (AvgIpc) is 2.76. The van der Waals surface area contributed by atoms with Crippen LogP contribution in [0.4, 0.5) is 8.78 Å². The lowest BCUT2D eigenvalue weighted by atomic mass is 9.63. The summed E-state index contributed by atoms with van der Waals surface area (Å²) in [5, 5.41) is 9.90. The molecule has 4 atom stereocenters. The Balaban J connectivity index is 1.41. The second kappa shape index (κ2) is 9.46. The molecular formula is C27H33F2N. The molecule has 0 heterocycles. The molecule has 2 aromatic rings. The number of hydrogen-bond donors (Lipinski definition) is 0. The fourth-order valence-electron chi connectivity index (χ4n) is 6.12. The van der Waals surface area contributed by atoms with Crippen LogP contribution in [0.1, 0.15) is 94.6 Å². The molecule has 0 spiro atoms. The number of nitriles is 1. The standard InChI is InChI=1S/C27H33F2N/c1-2-3-4-5-6-18-7-8-20-14-21(10-9-19(20)13-18)22-11-12-24-23(15-22)16-26(28)25(17-30)27(24)29/h11-12,15-16,18-21H,2-10,13-14H2,1H3. The summed E-state index contributed by atoms with van der Waals surface area (Å²) in [6.07, 6.45) is 14.7. The summed E-state index contributed by atoms with van der Waals surface area (Å²) in [7, 11) is 0. The highest BCUT2D eigenvalue weighted by Gasteiger charge is 2.35. The van der Waals surface area contributed by atoms with Gasteiger partial charge >= 0.3 is 0 Å². The predicted molar refractivity (Wildman–Crippen MR) is 118 cm³/mol. The van der Waals surface area contributed by atoms with E-state index in [2.05, 4.69) is 6.92 Å². The fourth-order valence-corrected chi connectivity index (χ4v) is 6.12. The largest absolute Gasteiger partial charge is 0.205 e. The van der Waals surface area contributed by atoms with Crippen molar-refractivity contribution < 1.29 is 8.78 Å². The maximum atomic E-state index is 14.4. The lowest BCUT2D eigenvalue weighted by Gasteiger charge is -2.42. The first-order valence-electron chi connectivity index (χ1n) is 11.9. The van der Waals surface area contributed by atoms with Crippen LogP contribution in [0.25, 0.3) is 10.8 Å². The molecule has 4 unspecified atom stereocenters. The van der Waals surface area contributed by atoms with Crippen LogP contribution in [0, 0.1) is 40.7 Å². The van der Waals surface area contributed by atoms with E-state index in [0.717, 1.165) is 17.8 Å². The van der Waals surface area contributed by atoms with E-state index in [1.165, 1.54) is 82.3 Å². The zero-order valence-electron chi connectivity index (χ0n) is 18.1. The molecule has 160 valence electrons. The fraction of sp³-hybridized carbons (Fsp3) is 0.593. The smallest absolute Gasteiger partial charge is 0.151 e. The Morgan fingerprint density at radius 1 is 0.967 bits per heavy atom. The van der Waals surface area contributed by atoms with Crippen molar-refractivity contribution in [1.82, 2.24) is 0 Å². The minimum absolute atomic E-state index is 0.342. The Bertz CT molecular complexity index is 929. The van der Waals surface area contributed by atoms with E-state index in [1.54, 1.807) is 12.1 Å². The van der Waals surface area contributed by atoms with Crippen LogP contribution in [0.15, 0.2) is 24.3 Å². The monoisotopic (exact) mass is 409 g/mol. The molecule has 2 fully saturated rings. The second-order valence-electron chi connectivity index (χ2n) is 9.70. The molecule has 3 heteroatoms. The number of nitrogens with zero attached hydrogens (tertiary/aromatic N) is 1. The van der Waals surface area contributed by atoms with E-state index in [-0.39, 0.29) is 0 Å². The Hall–Kier alpha value is -1.95. The Kier molecular flexibility index (Phi) is 6.71. The van der Waals surface area contributed by atoms with Crippen LogP contribution < -0.4 is 0 Å². The summed E-state index contributed by atoms with van der Waals surface area (Å²) < 4.78 is 28.5. The highest BCUT2D eigenvalue weighted by molar-refractivity contribution is 5.85. The van der Waals surface area contributed by atoms with Crippen molar-refractivity contribution in [3.05, 3.63) is 47.0 Å². The lowest BCUT2D eigenvalue weighted by Crippen LogP contribution is -2.30. The van der Waals surface area contributed by atoms with Crippen LogP contribution in [0.5, 0.6) is 0 Å². The quantitative estimate of drug-likeness (QED) is 0.440. The van der Waals surface area contributed by atoms with E-state index in [9.17, 15) is 8.78 Å². The number of benzene rings is 2. The first kappa shape index (κ1) is 21.3. The van der Waals surface area contributed by atoms with E-state index in [4.69, 9.17) is 5.26 Å². The minimum atomic E-state index is -0.763. The summed E-state index contributed by atoms with van der Waals surface area (Å²) in [6.45, 7) is 2.27. The maximum Gasteiger partial charge on any atom is 0.151 e. The van der Waals surface area contributed by atoms with E-state index < -0.39 is 17.2 Å². The first-order chi connectivity index (χ1) is 14.6. The Morgan fingerprint density at radius 2 is 1.77 bits per heavy atom. The summed E-state index contributed by atoms with van der Waals surface area (Å²) >= 11 is 0. The number of unbranched alkanes of at least 4 members (excludes halogenated alkanes) is 3. The molecule has 2 saturated carbocycles. The number of fused-ring (bicyclic) bond motifs is 2. The van der Waals surface area contributed by atoms with Gasteiger partial charge in [-0.25, -0.2) is 8.78 Å². The highest BCUT2D eigenvalue weighted by atomic mass is 19.1. The molecule has 4 rings (SSSR count). The zero-order chi connectivity index (χ0) is 21.1. The van der Waals surface area contributed by atoms with E-state index in [1.807, 2.05) is 12.1 Å². The van der Waals surface area contributed by atoms with Crippen LogP contribution >= 0.6 is 0 Å². The molecule has 0 radical (unpaired) electrons. The van der Waals surface area contributed by atoms with Crippen LogP contribution in [0.3, 0.4) is 0 Å². The number of hydrogen-bond acceptors (Lipinski definition) is 1. The molecule has 2 aromatic carbocycles. The van der Waals surface area contributed by atoms with Gasteiger partial charge in [0.05, 0.1) is 0 Å². The average molecular weight is 410 g/mol. The molecule has 0 N–H and O–H groups in total. The van der Waals surface area contributed by atoms with Gasteiger partial charge in [0.2, 0.25) is 0 Å². The summed E-state index contributed by atoms with van der Waals surface area (Å²) in [6, 6.07) is 8.63. The molecule has 0 bridgehead atoms. The second-order valence-corrected chi connectivity index (χ2v) is 9.70. The third-order valence-corrected chi connectivity index (χ3v) is 7.82. The van der Waals surface area contributed by atoms with Crippen molar-refractivity contribution >= 4 is 10.8 Å². The van der Waals surface area contributed by atoms with Crippen molar-refractivity contribution in [3.63, 3.8) is 0 Å². The molecule has 0 amide bonds. The first-order valence-corrected chi connectivity index (χ1v) is 11.9. The summed E-state index contributed by atoms with van der Waals surface area (Å²) in [5.41, 5.74) is 0.716. The molecule has 0 saturated heterocycles. The van der Waals surface area contributed by atoms with Crippen LogP contribution in [0.2, 0.25) is 0 Å². The number of halogens is 2. The van der Waals surface area contributed by atoms with Gasteiger partial charge in [0.1, 0.15) is 17.4 Å². The third-order valence-electron chi connectivity index (χ3n) is 7.82. The molecule has 0 aliphatic heterocycles. The van der Waals surface area contributed by atoms with Crippen molar-refractivity contribution in [3.8, 4) is 6.07 Å². The zero-order valence-corrected chi connectivity index (χ0v) is 18.1. The minimum Gasteiger partial charge on any atom is -0.205 e. The predicted octanol–water partition coefficient (Wildman–Crippen LogP) is 8.26. The molecule has 1 nitrogen and oxygen atoms in total. The van der Waals surface area contributed by atoms with Crippen molar-refractivity contribution in [1.29, 1.82) is 5.26 Å². The molecule has 2 aliphatic rings. The van der Waals surface area contributed by atoms with Gasteiger partial charge < -0.3 is 0 Å². The van der Waals surface area contributed by atoms with Crippen molar-refractivity contribution in [2.24, 2.45) is 17.8 Å². The van der Waals surface area contributed by atoms with Crippen LogP contribution in [-0.4, -0.2) is 0 Å². The normalized spacial score (nSPS) is 26.3. The van der Waals surface area contributed by atoms with E-state index in [0.29, 0.717) is 16.7 Å². The summed E-state index contributed by atoms with van der Waals surface area (Å²) in [5.74, 6) is 1.60. The lowest BCUT2D eigenvalue weighted by molar-refractivity contribution is 0.113. The van der Waals surface area contributed by atoms with Crippen LogP contribution in [-0.2, 0) is 0 Å². The summed E-state index contributed by atoms with van der Waals surface area (Å²) in [4.78, 5) is 0. The molecule has 30 heavy (non-hydrogen) atoms. The Labute approximate surface area is 179 Å². The van der Waals surface area contributed by atoms with Gasteiger partial charge in [0.15, 0.2) is 5.82 Å². The van der Waals surface area contributed by atoms with Gasteiger partial charge in [0.25, 0.3) is 0 Å². The maximum absolute atomic E-state index is 14.4. The Morgan fingerprint density at radius 3 is 2.57 bits per heavy atom. The SMILES string of the molecule is CCCCCCC1CCC2CC(c3ccc4c(F)c(C#N)c(F)cc4c3)CCC2C1. The molecule has 2 aliphatic carbocycles. The molecular weight excluding hydrogens is 376 g/mol. The van der Waals surface area contributed by atoms with Gasteiger partial charge in [-0.15, -0.1) is 0 Å². The topological polar surface area (TPSA) is 23.8 Å². The van der Waals surface area contributed by atoms with Gasteiger partial charge in [-0.3, -0.25) is 0 Å². The van der Waals surface area contributed by atoms with Gasteiger partial charge in [-0.1, -0.05) is 63.6 Å². The van der Waals surface area contributed by atoms with Gasteiger partial charge in [-0.2, -0.15) is 5.26 Å². The molecule has 0 aromatic heterocycles. The van der Waals surface area contributed by atoms with Gasteiger partial charge in [0, 0.05) is 5.39 Å². The number of rotatable bonds is 6. The third kappa shape index (κ3) is 4.39. The van der Waals surface area contributed by atoms with Crippen molar-refractivity contribution in [2.45, 2.75) is 83.5 Å². The highest BCUT2D eigenvalue weighted by Crippen LogP contribution is 2.48.